The van der Waals surface area contributed by atoms with E-state index in [0.29, 0.717) is 13.1 Å². The molecule has 0 bridgehead atoms. The number of aliphatic hydroxyl groups is 2. The number of rotatable bonds is 6. The molecule has 0 amide bonds. The van der Waals surface area contributed by atoms with E-state index >= 15 is 0 Å². The molecule has 6 nitrogen and oxygen atoms in total. The Bertz CT molecular complexity index is 631. The number of anilines is 2. The SMILES string of the molecule is C[C@H](O)CN(C)c1cc(N(C)C[C@@H](C)O)c2ccncc2n1. The molecule has 0 aliphatic carbocycles. The summed E-state index contributed by atoms with van der Waals surface area (Å²) < 4.78 is 0. The van der Waals surface area contributed by atoms with Crippen molar-refractivity contribution < 1.29 is 10.2 Å². The van der Waals surface area contributed by atoms with E-state index < -0.39 is 12.2 Å². The van der Waals surface area contributed by atoms with Crippen molar-refractivity contribution in [3.63, 3.8) is 0 Å². The van der Waals surface area contributed by atoms with Crippen LogP contribution in [0.15, 0.2) is 24.5 Å². The summed E-state index contributed by atoms with van der Waals surface area (Å²) in [6, 6.07) is 3.90. The molecule has 0 radical (unpaired) electrons. The second-order valence-corrected chi connectivity index (χ2v) is 5.85. The van der Waals surface area contributed by atoms with E-state index in [4.69, 9.17) is 0 Å². The van der Waals surface area contributed by atoms with Crippen LogP contribution < -0.4 is 9.80 Å². The second kappa shape index (κ2) is 6.89. The Morgan fingerprint density at radius 2 is 1.73 bits per heavy atom. The number of nitrogens with zero attached hydrogens (tertiary/aromatic N) is 4. The zero-order chi connectivity index (χ0) is 16.3. The first kappa shape index (κ1) is 16.5. The van der Waals surface area contributed by atoms with Crippen LogP contribution in [0.2, 0.25) is 0 Å². The standard InChI is InChI=1S/C16H24N4O2/c1-11(21)9-19(3)15-7-16(20(4)10-12(2)22)18-14-8-17-6-5-13(14)15/h5-8,11-12,21-22H,9-10H2,1-4H3/t11-,12+/m1/s1. The molecule has 0 aromatic carbocycles. The molecule has 22 heavy (non-hydrogen) atoms. The summed E-state index contributed by atoms with van der Waals surface area (Å²) in [6.45, 7) is 4.54. The first-order valence-electron chi connectivity index (χ1n) is 7.41. The molecule has 0 unspecified atom stereocenters. The molecule has 2 aromatic heterocycles. The number of aliphatic hydroxyl groups excluding tert-OH is 2. The lowest BCUT2D eigenvalue weighted by molar-refractivity contribution is 0.201. The summed E-state index contributed by atoms with van der Waals surface area (Å²) in [5.41, 5.74) is 1.78. The van der Waals surface area contributed by atoms with Crippen molar-refractivity contribution in [3.05, 3.63) is 24.5 Å². The van der Waals surface area contributed by atoms with Gasteiger partial charge in [0.05, 0.1) is 23.9 Å². The number of fused-ring (bicyclic) bond motifs is 1. The van der Waals surface area contributed by atoms with Gasteiger partial charge in [-0.2, -0.15) is 0 Å². The Hall–Kier alpha value is -1.92. The monoisotopic (exact) mass is 304 g/mol. The van der Waals surface area contributed by atoms with Gasteiger partial charge in [0, 0.05) is 50.5 Å². The zero-order valence-electron chi connectivity index (χ0n) is 13.6. The van der Waals surface area contributed by atoms with Gasteiger partial charge in [0.15, 0.2) is 0 Å². The first-order chi connectivity index (χ1) is 10.4. The van der Waals surface area contributed by atoms with Gasteiger partial charge in [-0.3, -0.25) is 4.98 Å². The predicted octanol–water partition coefficient (Wildman–Crippen LogP) is 1.26. The predicted molar refractivity (Wildman–Crippen MR) is 89.4 cm³/mol. The van der Waals surface area contributed by atoms with Crippen molar-refractivity contribution >= 4 is 22.4 Å². The van der Waals surface area contributed by atoms with Crippen LogP contribution >= 0.6 is 0 Å². The largest absolute Gasteiger partial charge is 0.392 e. The van der Waals surface area contributed by atoms with Gasteiger partial charge in [-0.1, -0.05) is 0 Å². The summed E-state index contributed by atoms with van der Waals surface area (Å²) in [7, 11) is 3.84. The molecule has 2 rings (SSSR count). The van der Waals surface area contributed by atoms with Crippen LogP contribution in [0.1, 0.15) is 13.8 Å². The van der Waals surface area contributed by atoms with Gasteiger partial charge >= 0.3 is 0 Å². The first-order valence-corrected chi connectivity index (χ1v) is 7.41. The molecule has 2 heterocycles. The molecule has 0 fully saturated rings. The number of hydrogen-bond donors (Lipinski definition) is 2. The minimum Gasteiger partial charge on any atom is -0.392 e. The summed E-state index contributed by atoms with van der Waals surface area (Å²) in [5.74, 6) is 0.772. The van der Waals surface area contributed by atoms with E-state index in [-0.39, 0.29) is 0 Å². The fourth-order valence-electron chi connectivity index (χ4n) is 2.54. The summed E-state index contributed by atoms with van der Waals surface area (Å²) in [4.78, 5) is 12.7. The molecule has 2 atom stereocenters. The molecular weight excluding hydrogens is 280 g/mol. The molecule has 2 aromatic rings. The molecule has 0 aliphatic rings. The quantitative estimate of drug-likeness (QED) is 0.837. The third-order valence-electron chi connectivity index (χ3n) is 3.46. The van der Waals surface area contributed by atoms with Crippen molar-refractivity contribution in [1.82, 2.24) is 9.97 Å². The van der Waals surface area contributed by atoms with E-state index in [2.05, 4.69) is 9.97 Å². The fourth-order valence-corrected chi connectivity index (χ4v) is 2.54. The van der Waals surface area contributed by atoms with E-state index in [1.807, 2.05) is 36.0 Å². The molecule has 6 heteroatoms. The van der Waals surface area contributed by atoms with Crippen LogP contribution in [0.4, 0.5) is 11.5 Å². The minimum absolute atomic E-state index is 0.423. The van der Waals surface area contributed by atoms with Gasteiger partial charge < -0.3 is 20.0 Å². The van der Waals surface area contributed by atoms with Gasteiger partial charge in [-0.15, -0.1) is 0 Å². The second-order valence-electron chi connectivity index (χ2n) is 5.85. The maximum Gasteiger partial charge on any atom is 0.131 e. The highest BCUT2D eigenvalue weighted by Gasteiger charge is 2.14. The average Bonchev–Trinajstić information content (AvgIpc) is 2.44. The Morgan fingerprint density at radius 1 is 1.09 bits per heavy atom. The Morgan fingerprint density at radius 3 is 2.36 bits per heavy atom. The third-order valence-corrected chi connectivity index (χ3v) is 3.46. The molecule has 120 valence electrons. The van der Waals surface area contributed by atoms with Crippen LogP contribution in [-0.2, 0) is 0 Å². The summed E-state index contributed by atoms with van der Waals surface area (Å²) in [6.07, 6.45) is 2.61. The lowest BCUT2D eigenvalue weighted by Crippen LogP contribution is -2.29. The molecule has 0 saturated carbocycles. The molecule has 0 spiro atoms. The fraction of sp³-hybridized carbons (Fsp3) is 0.500. The van der Waals surface area contributed by atoms with Crippen molar-refractivity contribution in [2.75, 3.05) is 37.0 Å². The number of likely N-dealkylation sites (N-methyl/N-ethyl adjacent to an activating group) is 2. The lowest BCUT2D eigenvalue weighted by Gasteiger charge is -2.26. The summed E-state index contributed by atoms with van der Waals surface area (Å²) >= 11 is 0. The van der Waals surface area contributed by atoms with Crippen LogP contribution in [-0.4, -0.2) is 59.6 Å². The van der Waals surface area contributed by atoms with Crippen LogP contribution in [0, 0.1) is 0 Å². The smallest absolute Gasteiger partial charge is 0.131 e. The molecule has 0 aliphatic heterocycles. The van der Waals surface area contributed by atoms with Crippen molar-refractivity contribution in [1.29, 1.82) is 0 Å². The number of pyridine rings is 2. The van der Waals surface area contributed by atoms with Crippen molar-refractivity contribution in [3.8, 4) is 0 Å². The highest BCUT2D eigenvalue weighted by Crippen LogP contribution is 2.28. The van der Waals surface area contributed by atoms with E-state index in [1.165, 1.54) is 0 Å². The highest BCUT2D eigenvalue weighted by atomic mass is 16.3. The van der Waals surface area contributed by atoms with E-state index in [9.17, 15) is 10.2 Å². The van der Waals surface area contributed by atoms with Crippen LogP contribution in [0.25, 0.3) is 10.9 Å². The summed E-state index contributed by atoms with van der Waals surface area (Å²) in [5, 5.41) is 20.2. The van der Waals surface area contributed by atoms with E-state index in [1.54, 1.807) is 26.2 Å². The number of aromatic nitrogens is 2. The van der Waals surface area contributed by atoms with Crippen molar-refractivity contribution in [2.24, 2.45) is 0 Å². The average molecular weight is 304 g/mol. The van der Waals surface area contributed by atoms with Gasteiger partial charge in [-0.05, 0) is 19.9 Å². The van der Waals surface area contributed by atoms with Gasteiger partial charge in [0.1, 0.15) is 5.82 Å². The Kier molecular flexibility index (Phi) is 5.15. The van der Waals surface area contributed by atoms with Crippen LogP contribution in [0.3, 0.4) is 0 Å². The maximum atomic E-state index is 9.64. The van der Waals surface area contributed by atoms with Gasteiger partial charge in [0.25, 0.3) is 0 Å². The van der Waals surface area contributed by atoms with Gasteiger partial charge in [-0.25, -0.2) is 4.98 Å². The number of hydrogen-bond acceptors (Lipinski definition) is 6. The molecule has 2 N–H and O–H groups in total. The highest BCUT2D eigenvalue weighted by molar-refractivity contribution is 5.93. The van der Waals surface area contributed by atoms with Crippen molar-refractivity contribution in [2.45, 2.75) is 26.1 Å². The molecule has 0 saturated heterocycles. The topological polar surface area (TPSA) is 72.7 Å². The Labute approximate surface area is 131 Å². The maximum absolute atomic E-state index is 9.64. The molecular formula is C16H24N4O2. The zero-order valence-corrected chi connectivity index (χ0v) is 13.6. The van der Waals surface area contributed by atoms with Crippen LogP contribution in [0.5, 0.6) is 0 Å². The Balaban J connectivity index is 2.47. The van der Waals surface area contributed by atoms with E-state index in [0.717, 1.165) is 22.4 Å². The third kappa shape index (κ3) is 3.84. The van der Waals surface area contributed by atoms with Gasteiger partial charge in [0.2, 0.25) is 0 Å². The minimum atomic E-state index is -0.435. The normalized spacial score (nSPS) is 13.9. The lowest BCUT2D eigenvalue weighted by atomic mass is 10.2.